The molecule has 0 aliphatic rings. The lowest BCUT2D eigenvalue weighted by Crippen LogP contribution is -1.98. The first kappa shape index (κ1) is 12.0. The van der Waals surface area contributed by atoms with Gasteiger partial charge in [0.25, 0.3) is 0 Å². The van der Waals surface area contributed by atoms with Gasteiger partial charge in [0.2, 0.25) is 0 Å². The number of unbranched alkanes of at least 4 members (excludes halogenated alkanes) is 1. The molecule has 0 aromatic heterocycles. The fraction of sp³-hybridized carbons (Fsp3) is 1.00. The van der Waals surface area contributed by atoms with Crippen LogP contribution >= 0.6 is 12.4 Å². The van der Waals surface area contributed by atoms with Gasteiger partial charge in [0, 0.05) is 0 Å². The number of hydrogen-bond donors (Lipinski definition) is 1. The third-order valence-electron chi connectivity index (χ3n) is 1.24. The van der Waals surface area contributed by atoms with E-state index in [1.165, 1.54) is 19.3 Å². The first-order chi connectivity index (χ1) is 3.77. The second kappa shape index (κ2) is 8.25. The molecule has 0 aliphatic carbocycles. The van der Waals surface area contributed by atoms with E-state index in [9.17, 15) is 0 Å². The molecule has 0 aliphatic heterocycles. The Balaban J connectivity index is 0. The highest BCUT2D eigenvalue weighted by Crippen LogP contribution is 2.04. The van der Waals surface area contributed by atoms with Gasteiger partial charge in [-0.05, 0) is 18.9 Å². The van der Waals surface area contributed by atoms with Crippen LogP contribution in [0.1, 0.15) is 33.1 Å². The summed E-state index contributed by atoms with van der Waals surface area (Å²) < 4.78 is 0. The summed E-state index contributed by atoms with van der Waals surface area (Å²) in [6.45, 7) is 5.35. The maximum atomic E-state index is 5.31. The molecule has 0 amide bonds. The van der Waals surface area contributed by atoms with Crippen molar-refractivity contribution in [2.75, 3.05) is 6.54 Å². The average molecular weight is 152 g/mol. The zero-order valence-corrected chi connectivity index (χ0v) is 7.21. The van der Waals surface area contributed by atoms with Gasteiger partial charge in [-0.3, -0.25) is 0 Å². The molecule has 58 valence electrons. The average Bonchev–Trinajstić information content (AvgIpc) is 1.66. The Labute approximate surface area is 64.4 Å². The van der Waals surface area contributed by atoms with Gasteiger partial charge in [-0.2, -0.15) is 0 Å². The highest BCUT2D eigenvalue weighted by molar-refractivity contribution is 5.85. The molecular formula is C7H18ClN. The Morgan fingerprint density at radius 1 is 1.22 bits per heavy atom. The molecule has 0 radical (unpaired) electrons. The SMILES string of the molecule is CC(C)CCCCN.Cl. The van der Waals surface area contributed by atoms with E-state index in [-0.39, 0.29) is 12.4 Å². The molecule has 0 rings (SSSR count). The molecule has 2 N–H and O–H groups in total. The Kier molecular flexibility index (Phi) is 11.0. The number of halogens is 1. The molecule has 0 spiro atoms. The van der Waals surface area contributed by atoms with Crippen molar-refractivity contribution in [1.82, 2.24) is 0 Å². The van der Waals surface area contributed by atoms with E-state index in [1.807, 2.05) is 0 Å². The van der Waals surface area contributed by atoms with Crippen LogP contribution in [-0.4, -0.2) is 6.54 Å². The van der Waals surface area contributed by atoms with Crippen LogP contribution in [0.2, 0.25) is 0 Å². The molecule has 0 saturated carbocycles. The lowest BCUT2D eigenvalue weighted by molar-refractivity contribution is 0.541. The largest absolute Gasteiger partial charge is 0.330 e. The van der Waals surface area contributed by atoms with Crippen molar-refractivity contribution in [3.05, 3.63) is 0 Å². The monoisotopic (exact) mass is 151 g/mol. The molecule has 0 atom stereocenters. The maximum absolute atomic E-state index is 5.31. The topological polar surface area (TPSA) is 26.0 Å². The number of nitrogens with two attached hydrogens (primary N) is 1. The van der Waals surface area contributed by atoms with Crippen LogP contribution in [0.4, 0.5) is 0 Å². The Bertz CT molecular complexity index is 46.2. The number of rotatable bonds is 4. The second-order valence-corrected chi connectivity index (χ2v) is 2.68. The van der Waals surface area contributed by atoms with Crippen molar-refractivity contribution in [3.63, 3.8) is 0 Å². The summed E-state index contributed by atoms with van der Waals surface area (Å²) in [5.74, 6) is 0.849. The molecule has 0 aromatic carbocycles. The normalized spacial score (nSPS) is 9.33. The van der Waals surface area contributed by atoms with E-state index in [2.05, 4.69) is 13.8 Å². The first-order valence-corrected chi connectivity index (χ1v) is 3.47. The lowest BCUT2D eigenvalue weighted by Gasteiger charge is -2.00. The standard InChI is InChI=1S/C7H17N.ClH/c1-7(2)5-3-4-6-8;/h7H,3-6,8H2,1-2H3;1H. The van der Waals surface area contributed by atoms with Gasteiger partial charge in [0.1, 0.15) is 0 Å². The highest BCUT2D eigenvalue weighted by atomic mass is 35.5. The third-order valence-corrected chi connectivity index (χ3v) is 1.24. The molecule has 2 heteroatoms. The van der Waals surface area contributed by atoms with E-state index in [0.29, 0.717) is 0 Å². The van der Waals surface area contributed by atoms with Crippen LogP contribution < -0.4 is 5.73 Å². The van der Waals surface area contributed by atoms with E-state index >= 15 is 0 Å². The van der Waals surface area contributed by atoms with E-state index in [4.69, 9.17) is 5.73 Å². The summed E-state index contributed by atoms with van der Waals surface area (Å²) in [5, 5.41) is 0. The fourth-order valence-corrected chi connectivity index (χ4v) is 0.697. The van der Waals surface area contributed by atoms with E-state index in [0.717, 1.165) is 12.5 Å². The van der Waals surface area contributed by atoms with Crippen LogP contribution in [-0.2, 0) is 0 Å². The zero-order valence-electron chi connectivity index (χ0n) is 6.39. The zero-order chi connectivity index (χ0) is 6.41. The minimum atomic E-state index is 0. The van der Waals surface area contributed by atoms with Gasteiger partial charge in [-0.25, -0.2) is 0 Å². The summed E-state index contributed by atoms with van der Waals surface area (Å²) in [4.78, 5) is 0. The van der Waals surface area contributed by atoms with Gasteiger partial charge in [-0.1, -0.05) is 26.7 Å². The molecule has 0 fully saturated rings. The maximum Gasteiger partial charge on any atom is -0.00773 e. The van der Waals surface area contributed by atoms with Crippen LogP contribution in [0.5, 0.6) is 0 Å². The van der Waals surface area contributed by atoms with Gasteiger partial charge in [0.05, 0.1) is 0 Å². The smallest absolute Gasteiger partial charge is 0.00773 e. The van der Waals surface area contributed by atoms with Crippen LogP contribution in [0.25, 0.3) is 0 Å². The van der Waals surface area contributed by atoms with Crippen molar-refractivity contribution in [3.8, 4) is 0 Å². The van der Waals surface area contributed by atoms with Crippen molar-refractivity contribution in [2.24, 2.45) is 11.7 Å². The van der Waals surface area contributed by atoms with Crippen LogP contribution in [0.3, 0.4) is 0 Å². The molecule has 9 heavy (non-hydrogen) atoms. The van der Waals surface area contributed by atoms with Gasteiger partial charge in [-0.15, -0.1) is 12.4 Å². The van der Waals surface area contributed by atoms with Crippen LogP contribution in [0, 0.1) is 5.92 Å². The predicted molar refractivity (Wildman–Crippen MR) is 45.0 cm³/mol. The minimum Gasteiger partial charge on any atom is -0.330 e. The second-order valence-electron chi connectivity index (χ2n) is 2.68. The summed E-state index contributed by atoms with van der Waals surface area (Å²) in [7, 11) is 0. The summed E-state index contributed by atoms with van der Waals surface area (Å²) in [6, 6.07) is 0. The summed E-state index contributed by atoms with van der Waals surface area (Å²) in [5.41, 5.74) is 5.31. The van der Waals surface area contributed by atoms with E-state index in [1.54, 1.807) is 0 Å². The Hall–Kier alpha value is 0.250. The third kappa shape index (κ3) is 11.7. The fourth-order valence-electron chi connectivity index (χ4n) is 0.697. The van der Waals surface area contributed by atoms with Crippen molar-refractivity contribution >= 4 is 12.4 Å². The van der Waals surface area contributed by atoms with Crippen molar-refractivity contribution in [1.29, 1.82) is 0 Å². The number of hydrogen-bond acceptors (Lipinski definition) is 1. The molecule has 0 bridgehead atoms. The van der Waals surface area contributed by atoms with Gasteiger partial charge in [0.15, 0.2) is 0 Å². The van der Waals surface area contributed by atoms with Crippen molar-refractivity contribution in [2.45, 2.75) is 33.1 Å². The molecule has 1 nitrogen and oxygen atoms in total. The Morgan fingerprint density at radius 2 is 1.78 bits per heavy atom. The molecule has 0 heterocycles. The predicted octanol–water partition coefficient (Wildman–Crippen LogP) is 2.19. The summed E-state index contributed by atoms with van der Waals surface area (Å²) >= 11 is 0. The summed E-state index contributed by atoms with van der Waals surface area (Å²) in [6.07, 6.45) is 3.82. The van der Waals surface area contributed by atoms with Gasteiger partial charge < -0.3 is 5.73 Å². The minimum absolute atomic E-state index is 0. The molecule has 0 saturated heterocycles. The molecule has 0 unspecified atom stereocenters. The first-order valence-electron chi connectivity index (χ1n) is 3.47. The molecular weight excluding hydrogens is 134 g/mol. The van der Waals surface area contributed by atoms with E-state index < -0.39 is 0 Å². The quantitative estimate of drug-likeness (QED) is 0.613. The highest BCUT2D eigenvalue weighted by Gasteiger charge is 1.90. The lowest BCUT2D eigenvalue weighted by atomic mass is 10.1. The molecule has 0 aromatic rings. The van der Waals surface area contributed by atoms with Crippen LogP contribution in [0.15, 0.2) is 0 Å². The van der Waals surface area contributed by atoms with Gasteiger partial charge >= 0.3 is 0 Å². The van der Waals surface area contributed by atoms with Crippen molar-refractivity contribution < 1.29 is 0 Å². The Morgan fingerprint density at radius 3 is 2.11 bits per heavy atom.